The minimum atomic E-state index is -4.60. The Kier molecular flexibility index (Phi) is 5.48. The fourth-order valence-corrected chi connectivity index (χ4v) is 3.63. The van der Waals surface area contributed by atoms with Crippen molar-refractivity contribution in [2.75, 3.05) is 11.9 Å². The van der Waals surface area contributed by atoms with Crippen LogP contribution < -0.4 is 16.0 Å². The van der Waals surface area contributed by atoms with E-state index in [1.54, 1.807) is 0 Å². The minimum Gasteiger partial charge on any atom is -0.343 e. The third-order valence-electron chi connectivity index (χ3n) is 4.89. The highest BCUT2D eigenvalue weighted by Crippen LogP contribution is 2.34. The number of urea groups is 1. The van der Waals surface area contributed by atoms with Crippen molar-refractivity contribution in [1.29, 1.82) is 0 Å². The summed E-state index contributed by atoms with van der Waals surface area (Å²) in [5, 5.41) is 7.45. The van der Waals surface area contributed by atoms with E-state index in [1.807, 2.05) is 6.92 Å². The number of anilines is 1. The van der Waals surface area contributed by atoms with Gasteiger partial charge in [0, 0.05) is 6.54 Å². The van der Waals surface area contributed by atoms with Gasteiger partial charge in [-0.3, -0.25) is 9.59 Å². The lowest BCUT2D eigenvalue weighted by Gasteiger charge is -2.34. The summed E-state index contributed by atoms with van der Waals surface area (Å²) in [4.78, 5) is 38.3. The summed E-state index contributed by atoms with van der Waals surface area (Å²) < 4.78 is 39.1. The van der Waals surface area contributed by atoms with E-state index in [1.165, 1.54) is 17.0 Å². The van der Waals surface area contributed by atoms with Crippen molar-refractivity contribution in [3.05, 3.63) is 29.8 Å². The maximum atomic E-state index is 13.0. The highest BCUT2D eigenvalue weighted by molar-refractivity contribution is 5.98. The van der Waals surface area contributed by atoms with Gasteiger partial charge in [-0.2, -0.15) is 13.2 Å². The summed E-state index contributed by atoms with van der Waals surface area (Å²) in [7, 11) is 0. The van der Waals surface area contributed by atoms with Gasteiger partial charge >= 0.3 is 12.2 Å². The van der Waals surface area contributed by atoms with Crippen LogP contribution in [-0.4, -0.2) is 47.4 Å². The first-order valence-electron chi connectivity index (χ1n) is 9.05. The summed E-state index contributed by atoms with van der Waals surface area (Å²) in [6.07, 6.45) is -3.13. The lowest BCUT2D eigenvalue weighted by molar-refractivity contribution is -0.147. The van der Waals surface area contributed by atoms with Crippen LogP contribution in [0.15, 0.2) is 24.3 Å². The van der Waals surface area contributed by atoms with E-state index in [2.05, 4.69) is 16.0 Å². The molecule has 4 amide bonds. The number of piperazine rings is 1. The van der Waals surface area contributed by atoms with Gasteiger partial charge in [-0.05, 0) is 25.0 Å². The van der Waals surface area contributed by atoms with Crippen LogP contribution in [-0.2, 0) is 15.8 Å². The van der Waals surface area contributed by atoms with Crippen molar-refractivity contribution in [1.82, 2.24) is 15.5 Å². The molecule has 7 nitrogen and oxygen atoms in total. The summed E-state index contributed by atoms with van der Waals surface area (Å²) in [6, 6.07) is 2.07. The molecule has 2 heterocycles. The molecular weight excluding hydrogens is 377 g/mol. The zero-order chi connectivity index (χ0) is 20.5. The Bertz CT molecular complexity index is 784. The largest absolute Gasteiger partial charge is 0.418 e. The van der Waals surface area contributed by atoms with E-state index >= 15 is 0 Å². The highest BCUT2D eigenvalue weighted by Gasteiger charge is 2.46. The number of carbonyl (C=O) groups excluding carboxylic acids is 3. The Morgan fingerprint density at radius 2 is 2.00 bits per heavy atom. The van der Waals surface area contributed by atoms with Crippen LogP contribution in [0.5, 0.6) is 0 Å². The van der Waals surface area contributed by atoms with Crippen molar-refractivity contribution in [2.45, 2.75) is 50.5 Å². The number of carbonyl (C=O) groups is 3. The van der Waals surface area contributed by atoms with Crippen molar-refractivity contribution < 1.29 is 27.6 Å². The van der Waals surface area contributed by atoms with E-state index in [-0.39, 0.29) is 30.5 Å². The number of nitrogens with one attached hydrogen (secondary N) is 3. The third-order valence-corrected chi connectivity index (χ3v) is 4.89. The van der Waals surface area contributed by atoms with Crippen LogP contribution in [0.3, 0.4) is 0 Å². The number of nitrogens with zero attached hydrogens (tertiary/aromatic N) is 1. The fourth-order valence-electron chi connectivity index (χ4n) is 3.63. The molecule has 3 rings (SSSR count). The molecule has 2 fully saturated rings. The van der Waals surface area contributed by atoms with Crippen molar-refractivity contribution >= 4 is 23.5 Å². The summed E-state index contributed by atoms with van der Waals surface area (Å²) >= 11 is 0. The normalized spacial score (nSPS) is 24.6. The highest BCUT2D eigenvalue weighted by atomic mass is 19.4. The molecule has 1 aromatic carbocycles. The smallest absolute Gasteiger partial charge is 0.343 e. The molecule has 0 unspecified atom stereocenters. The molecule has 1 aromatic rings. The Balaban J connectivity index is 1.64. The van der Waals surface area contributed by atoms with E-state index < -0.39 is 35.9 Å². The molecule has 2 aliphatic heterocycles. The Hall–Kier alpha value is -2.78. The van der Waals surface area contributed by atoms with E-state index in [4.69, 9.17) is 0 Å². The second kappa shape index (κ2) is 7.69. The molecule has 28 heavy (non-hydrogen) atoms. The van der Waals surface area contributed by atoms with Crippen molar-refractivity contribution in [3.63, 3.8) is 0 Å². The van der Waals surface area contributed by atoms with Crippen LogP contribution in [0, 0.1) is 0 Å². The van der Waals surface area contributed by atoms with Crippen LogP contribution in [0.2, 0.25) is 0 Å². The standard InChI is InChI=1S/C18H21F3N4O3/c1-2-5-13-16(27)25-9-10(8-14(25)15(26)23-13)22-17(28)24-12-7-4-3-6-11(12)18(19,20)21/h3-4,6-7,10,13-14H,2,5,8-9H2,1H3,(H,23,26)(H2,22,24,28)/t10-,13-,14-/m0/s1. The molecule has 0 saturated carbocycles. The Morgan fingerprint density at radius 1 is 1.29 bits per heavy atom. The first-order valence-corrected chi connectivity index (χ1v) is 9.05. The first-order chi connectivity index (χ1) is 13.2. The molecule has 3 atom stereocenters. The van der Waals surface area contributed by atoms with E-state index in [0.717, 1.165) is 18.6 Å². The zero-order valence-electron chi connectivity index (χ0n) is 15.2. The average molecular weight is 398 g/mol. The van der Waals surface area contributed by atoms with Gasteiger partial charge in [-0.1, -0.05) is 25.5 Å². The third kappa shape index (κ3) is 4.05. The van der Waals surface area contributed by atoms with Crippen molar-refractivity contribution in [3.8, 4) is 0 Å². The van der Waals surface area contributed by atoms with E-state index in [9.17, 15) is 27.6 Å². The van der Waals surface area contributed by atoms with Gasteiger partial charge < -0.3 is 20.9 Å². The van der Waals surface area contributed by atoms with Gasteiger partial charge in [0.25, 0.3) is 0 Å². The zero-order valence-corrected chi connectivity index (χ0v) is 15.2. The fraction of sp³-hybridized carbons (Fsp3) is 0.500. The molecular formula is C18H21F3N4O3. The molecule has 10 heteroatoms. The number of alkyl halides is 3. The number of hydrogen-bond acceptors (Lipinski definition) is 3. The summed E-state index contributed by atoms with van der Waals surface area (Å²) in [5.74, 6) is -0.469. The molecule has 0 aromatic heterocycles. The van der Waals surface area contributed by atoms with Gasteiger partial charge in [0.15, 0.2) is 0 Å². The number of amides is 4. The van der Waals surface area contributed by atoms with Crippen LogP contribution in [0.1, 0.15) is 31.7 Å². The maximum absolute atomic E-state index is 13.0. The van der Waals surface area contributed by atoms with Gasteiger partial charge in [0.2, 0.25) is 11.8 Å². The molecule has 0 radical (unpaired) electrons. The molecule has 0 aliphatic carbocycles. The maximum Gasteiger partial charge on any atom is 0.418 e. The van der Waals surface area contributed by atoms with Gasteiger partial charge in [0.05, 0.1) is 17.3 Å². The van der Waals surface area contributed by atoms with Gasteiger partial charge in [-0.25, -0.2) is 4.79 Å². The quantitative estimate of drug-likeness (QED) is 0.726. The minimum absolute atomic E-state index is 0.144. The molecule has 152 valence electrons. The predicted octanol–water partition coefficient (Wildman–Crippen LogP) is 2.09. The number of para-hydroxylation sites is 1. The monoisotopic (exact) mass is 398 g/mol. The summed E-state index contributed by atoms with van der Waals surface area (Å²) in [6.45, 7) is 2.05. The SMILES string of the molecule is CCC[C@@H]1NC(=O)[C@@H]2C[C@H](NC(=O)Nc3ccccc3C(F)(F)F)CN2C1=O. The topological polar surface area (TPSA) is 90.5 Å². The van der Waals surface area contributed by atoms with Crippen LogP contribution >= 0.6 is 0 Å². The predicted molar refractivity (Wildman–Crippen MR) is 94.3 cm³/mol. The number of halogens is 3. The van der Waals surface area contributed by atoms with Gasteiger partial charge in [0.1, 0.15) is 12.1 Å². The number of benzene rings is 1. The number of rotatable bonds is 4. The second-order valence-corrected chi connectivity index (χ2v) is 6.93. The lowest BCUT2D eigenvalue weighted by atomic mass is 10.0. The molecule has 2 aliphatic rings. The molecule has 0 bridgehead atoms. The Labute approximate surface area is 159 Å². The van der Waals surface area contributed by atoms with Crippen LogP contribution in [0.4, 0.5) is 23.7 Å². The number of hydrogen-bond donors (Lipinski definition) is 3. The molecule has 0 spiro atoms. The Morgan fingerprint density at radius 3 is 2.68 bits per heavy atom. The van der Waals surface area contributed by atoms with Crippen molar-refractivity contribution in [2.24, 2.45) is 0 Å². The lowest BCUT2D eigenvalue weighted by Crippen LogP contribution is -2.61. The molecule has 3 N–H and O–H groups in total. The van der Waals surface area contributed by atoms with E-state index in [0.29, 0.717) is 6.42 Å². The first kappa shape index (κ1) is 20.0. The number of fused-ring (bicyclic) bond motifs is 1. The molecule has 2 saturated heterocycles. The summed E-state index contributed by atoms with van der Waals surface area (Å²) in [5.41, 5.74) is -1.31. The van der Waals surface area contributed by atoms with Crippen LogP contribution in [0.25, 0.3) is 0 Å². The average Bonchev–Trinajstić information content (AvgIpc) is 3.03. The van der Waals surface area contributed by atoms with Gasteiger partial charge in [-0.15, -0.1) is 0 Å². The second-order valence-electron chi connectivity index (χ2n) is 6.93.